The van der Waals surface area contributed by atoms with E-state index in [1.54, 1.807) is 0 Å². The van der Waals surface area contributed by atoms with Gasteiger partial charge in [-0.25, -0.2) is 0 Å². The molecule has 0 amide bonds. The van der Waals surface area contributed by atoms with Crippen LogP contribution in [0.25, 0.3) is 0 Å². The predicted octanol–water partition coefficient (Wildman–Crippen LogP) is 3.57. The highest BCUT2D eigenvalue weighted by Crippen LogP contribution is 2.15. The van der Waals surface area contributed by atoms with Crippen LogP contribution in [0.1, 0.15) is 58.8 Å². The summed E-state index contributed by atoms with van der Waals surface area (Å²) in [6.07, 6.45) is 10.3. The Labute approximate surface area is 76.6 Å². The molecular weight excluding hydrogens is 148 g/mol. The van der Waals surface area contributed by atoms with Crippen molar-refractivity contribution in [2.45, 2.75) is 58.8 Å². The van der Waals surface area contributed by atoms with E-state index >= 15 is 0 Å². The van der Waals surface area contributed by atoms with Crippen LogP contribution in [0.2, 0.25) is 0 Å². The molecule has 0 saturated heterocycles. The van der Waals surface area contributed by atoms with Crippen LogP contribution in [-0.4, -0.2) is 6.29 Å². The molecule has 1 rings (SSSR count). The van der Waals surface area contributed by atoms with Gasteiger partial charge in [0.1, 0.15) is 6.29 Å². The Balaban J connectivity index is 0.000000211. The molecule has 1 fully saturated rings. The van der Waals surface area contributed by atoms with Gasteiger partial charge in [0.2, 0.25) is 0 Å². The summed E-state index contributed by atoms with van der Waals surface area (Å²) < 4.78 is 0. The van der Waals surface area contributed by atoms with Crippen molar-refractivity contribution in [3.63, 3.8) is 0 Å². The standard InChI is InChI=1S/C6H12O.C5H10/c1-3-6(2)4-5-7;1-2-4-5-3-1/h5-6H,3-4H2,1-2H3;1-5H2. The van der Waals surface area contributed by atoms with Crippen LogP contribution in [0, 0.1) is 5.92 Å². The van der Waals surface area contributed by atoms with Gasteiger partial charge in [-0.05, 0) is 5.92 Å². The molecule has 1 aliphatic rings. The second-order valence-corrected chi connectivity index (χ2v) is 3.68. The number of hydrogen-bond donors (Lipinski definition) is 0. The largest absolute Gasteiger partial charge is 0.303 e. The molecular formula is C11H22O. The zero-order chi connectivity index (χ0) is 9.23. The number of rotatable bonds is 3. The van der Waals surface area contributed by atoms with Crippen LogP contribution in [0.3, 0.4) is 0 Å². The quantitative estimate of drug-likeness (QED) is 0.592. The van der Waals surface area contributed by atoms with Crippen LogP contribution < -0.4 is 0 Å². The summed E-state index contributed by atoms with van der Waals surface area (Å²) in [7, 11) is 0. The van der Waals surface area contributed by atoms with E-state index in [2.05, 4.69) is 13.8 Å². The Morgan fingerprint density at radius 3 is 1.75 bits per heavy atom. The monoisotopic (exact) mass is 170 g/mol. The Hall–Kier alpha value is -0.330. The average molecular weight is 170 g/mol. The summed E-state index contributed by atoms with van der Waals surface area (Å²) in [6, 6.07) is 0. The second-order valence-electron chi connectivity index (χ2n) is 3.68. The molecule has 0 aromatic heterocycles. The Bertz CT molecular complexity index is 87.6. The van der Waals surface area contributed by atoms with E-state index in [0.717, 1.165) is 19.1 Å². The van der Waals surface area contributed by atoms with E-state index in [1.807, 2.05) is 0 Å². The van der Waals surface area contributed by atoms with E-state index in [4.69, 9.17) is 0 Å². The fourth-order valence-corrected chi connectivity index (χ4v) is 1.21. The first-order chi connectivity index (χ1) is 5.81. The fraction of sp³-hybridized carbons (Fsp3) is 0.909. The third-order valence-corrected chi connectivity index (χ3v) is 2.45. The van der Waals surface area contributed by atoms with Gasteiger partial charge in [0, 0.05) is 6.42 Å². The lowest BCUT2D eigenvalue weighted by atomic mass is 10.1. The van der Waals surface area contributed by atoms with Crippen LogP contribution in [0.15, 0.2) is 0 Å². The summed E-state index contributed by atoms with van der Waals surface area (Å²) in [5.74, 6) is 0.581. The van der Waals surface area contributed by atoms with Crippen molar-refractivity contribution >= 4 is 6.29 Å². The number of hydrogen-bond acceptors (Lipinski definition) is 1. The summed E-state index contributed by atoms with van der Waals surface area (Å²) >= 11 is 0. The number of carbonyl (C=O) groups excluding carboxylic acids is 1. The fourth-order valence-electron chi connectivity index (χ4n) is 1.21. The third kappa shape index (κ3) is 7.77. The molecule has 0 bridgehead atoms. The molecule has 0 spiro atoms. The Morgan fingerprint density at radius 2 is 1.58 bits per heavy atom. The molecule has 1 atom stereocenters. The van der Waals surface area contributed by atoms with E-state index in [9.17, 15) is 4.79 Å². The maximum absolute atomic E-state index is 9.77. The van der Waals surface area contributed by atoms with Crippen molar-refractivity contribution in [2.24, 2.45) is 5.92 Å². The molecule has 1 aliphatic carbocycles. The lowest BCUT2D eigenvalue weighted by Gasteiger charge is -1.98. The van der Waals surface area contributed by atoms with Crippen molar-refractivity contribution in [3.05, 3.63) is 0 Å². The van der Waals surface area contributed by atoms with Gasteiger partial charge >= 0.3 is 0 Å². The molecule has 1 unspecified atom stereocenters. The topological polar surface area (TPSA) is 17.1 Å². The van der Waals surface area contributed by atoms with Crippen LogP contribution in [-0.2, 0) is 4.79 Å². The van der Waals surface area contributed by atoms with Gasteiger partial charge in [-0.2, -0.15) is 0 Å². The first-order valence-electron chi connectivity index (χ1n) is 5.24. The molecule has 12 heavy (non-hydrogen) atoms. The van der Waals surface area contributed by atoms with Crippen molar-refractivity contribution in [2.75, 3.05) is 0 Å². The van der Waals surface area contributed by atoms with Crippen molar-refractivity contribution in [3.8, 4) is 0 Å². The SMILES string of the molecule is C1CCCC1.CCC(C)CC=O. The third-order valence-electron chi connectivity index (χ3n) is 2.45. The summed E-state index contributed by atoms with van der Waals surface area (Å²) in [5.41, 5.74) is 0. The van der Waals surface area contributed by atoms with Gasteiger partial charge in [-0.3, -0.25) is 0 Å². The maximum atomic E-state index is 9.77. The summed E-state index contributed by atoms with van der Waals surface area (Å²) in [5, 5.41) is 0. The molecule has 1 saturated carbocycles. The summed E-state index contributed by atoms with van der Waals surface area (Å²) in [4.78, 5) is 9.77. The molecule has 0 heterocycles. The zero-order valence-electron chi connectivity index (χ0n) is 8.51. The highest BCUT2D eigenvalue weighted by Gasteiger charge is 1.95. The molecule has 1 heteroatoms. The minimum Gasteiger partial charge on any atom is -0.303 e. The number of carbonyl (C=O) groups is 1. The van der Waals surface area contributed by atoms with Gasteiger partial charge < -0.3 is 4.79 Å². The second kappa shape index (κ2) is 8.76. The minimum atomic E-state index is 0.581. The van der Waals surface area contributed by atoms with Crippen molar-refractivity contribution in [1.29, 1.82) is 0 Å². The van der Waals surface area contributed by atoms with Crippen LogP contribution in [0.5, 0.6) is 0 Å². The van der Waals surface area contributed by atoms with Gasteiger partial charge in [0.15, 0.2) is 0 Å². The van der Waals surface area contributed by atoms with Gasteiger partial charge in [-0.15, -0.1) is 0 Å². The van der Waals surface area contributed by atoms with Gasteiger partial charge in [-0.1, -0.05) is 52.4 Å². The summed E-state index contributed by atoms with van der Waals surface area (Å²) in [6.45, 7) is 4.17. The van der Waals surface area contributed by atoms with E-state index < -0.39 is 0 Å². The smallest absolute Gasteiger partial charge is 0.120 e. The maximum Gasteiger partial charge on any atom is 0.120 e. The van der Waals surface area contributed by atoms with Crippen LogP contribution >= 0.6 is 0 Å². The van der Waals surface area contributed by atoms with E-state index in [-0.39, 0.29) is 0 Å². The Morgan fingerprint density at radius 1 is 1.17 bits per heavy atom. The first-order valence-corrected chi connectivity index (χ1v) is 5.24. The molecule has 72 valence electrons. The van der Waals surface area contributed by atoms with E-state index in [1.165, 1.54) is 32.1 Å². The Kier molecular flexibility index (Phi) is 8.52. The highest BCUT2D eigenvalue weighted by atomic mass is 16.1. The molecule has 0 radical (unpaired) electrons. The van der Waals surface area contributed by atoms with E-state index in [0.29, 0.717) is 5.92 Å². The molecule has 0 N–H and O–H groups in total. The molecule has 0 aliphatic heterocycles. The predicted molar refractivity (Wildman–Crippen MR) is 53.2 cm³/mol. The lowest BCUT2D eigenvalue weighted by molar-refractivity contribution is -0.108. The first kappa shape index (κ1) is 11.7. The van der Waals surface area contributed by atoms with Gasteiger partial charge in [0.05, 0.1) is 0 Å². The molecule has 0 aromatic rings. The van der Waals surface area contributed by atoms with Gasteiger partial charge in [0.25, 0.3) is 0 Å². The average Bonchev–Trinajstić information content (AvgIpc) is 2.62. The van der Waals surface area contributed by atoms with Crippen LogP contribution in [0.4, 0.5) is 0 Å². The highest BCUT2D eigenvalue weighted by molar-refractivity contribution is 5.49. The molecule has 1 nitrogen and oxygen atoms in total. The zero-order valence-corrected chi connectivity index (χ0v) is 8.51. The normalized spacial score (nSPS) is 17.8. The minimum absolute atomic E-state index is 0.581. The van der Waals surface area contributed by atoms with Crippen molar-refractivity contribution in [1.82, 2.24) is 0 Å². The number of aldehydes is 1. The molecule has 0 aromatic carbocycles. The lowest BCUT2D eigenvalue weighted by Crippen LogP contribution is -1.90. The van der Waals surface area contributed by atoms with Crippen molar-refractivity contribution < 1.29 is 4.79 Å².